The molecule has 4 heteroatoms. The van der Waals surface area contributed by atoms with Gasteiger partial charge in [0.25, 0.3) is 0 Å². The molecule has 2 rings (SSSR count). The van der Waals surface area contributed by atoms with Crippen molar-refractivity contribution in [3.63, 3.8) is 0 Å². The maximum absolute atomic E-state index is 11.7. The Balaban J connectivity index is 2.14. The lowest BCUT2D eigenvalue weighted by Crippen LogP contribution is -2.24. The Morgan fingerprint density at radius 3 is 2.94 bits per heavy atom. The van der Waals surface area contributed by atoms with Crippen molar-refractivity contribution in [3.8, 4) is 5.75 Å². The third-order valence-electron chi connectivity index (χ3n) is 3.16. The second-order valence-corrected chi connectivity index (χ2v) is 4.52. The number of methoxy groups -OCH3 is 1. The zero-order valence-electron chi connectivity index (χ0n) is 10.5. The molecule has 1 atom stereocenters. The minimum absolute atomic E-state index is 0.167. The lowest BCUT2D eigenvalue weighted by molar-refractivity contribution is -0.129. The van der Waals surface area contributed by atoms with Crippen LogP contribution in [0.2, 0.25) is 0 Å². The van der Waals surface area contributed by atoms with E-state index < -0.39 is 0 Å². The zero-order valence-corrected chi connectivity index (χ0v) is 10.5. The molecule has 1 aliphatic heterocycles. The van der Waals surface area contributed by atoms with Crippen LogP contribution < -0.4 is 10.1 Å². The molecule has 1 aliphatic rings. The minimum atomic E-state index is 0.167. The number of nitrogens with one attached hydrogen (secondary N) is 1. The van der Waals surface area contributed by atoms with Crippen molar-refractivity contribution in [1.82, 2.24) is 4.90 Å². The Kier molecular flexibility index (Phi) is 3.22. The molecule has 1 heterocycles. The number of carbonyl (C=O) groups is 1. The molecule has 17 heavy (non-hydrogen) atoms. The normalized spacial score (nSPS) is 17.2. The van der Waals surface area contributed by atoms with Crippen molar-refractivity contribution in [2.75, 3.05) is 33.1 Å². The van der Waals surface area contributed by atoms with Gasteiger partial charge in [0.15, 0.2) is 0 Å². The van der Waals surface area contributed by atoms with Gasteiger partial charge < -0.3 is 15.0 Å². The van der Waals surface area contributed by atoms with Crippen LogP contribution in [0.3, 0.4) is 0 Å². The maximum atomic E-state index is 11.7. The highest BCUT2D eigenvalue weighted by Crippen LogP contribution is 2.36. The topological polar surface area (TPSA) is 41.6 Å². The molecule has 0 saturated carbocycles. The molecule has 0 saturated heterocycles. The summed E-state index contributed by atoms with van der Waals surface area (Å²) < 4.78 is 5.18. The molecule has 1 aromatic carbocycles. The van der Waals surface area contributed by atoms with Gasteiger partial charge in [-0.15, -0.1) is 0 Å². The van der Waals surface area contributed by atoms with Gasteiger partial charge in [0.1, 0.15) is 5.75 Å². The van der Waals surface area contributed by atoms with Crippen molar-refractivity contribution >= 4 is 11.6 Å². The fourth-order valence-corrected chi connectivity index (χ4v) is 2.09. The van der Waals surface area contributed by atoms with Crippen molar-refractivity contribution in [2.24, 2.45) is 0 Å². The highest BCUT2D eigenvalue weighted by atomic mass is 16.5. The number of ether oxygens (including phenoxy) is 1. The third-order valence-corrected chi connectivity index (χ3v) is 3.16. The summed E-state index contributed by atoms with van der Waals surface area (Å²) in [6.07, 6.45) is 0.555. The average Bonchev–Trinajstić information content (AvgIpc) is 2.71. The lowest BCUT2D eigenvalue weighted by Gasteiger charge is -2.14. The largest absolute Gasteiger partial charge is 0.497 e. The Morgan fingerprint density at radius 1 is 1.53 bits per heavy atom. The third kappa shape index (κ3) is 2.35. The molecule has 1 amide bonds. The summed E-state index contributed by atoms with van der Waals surface area (Å²) in [5.41, 5.74) is 2.29. The first-order valence-electron chi connectivity index (χ1n) is 5.73. The maximum Gasteiger partial charge on any atom is 0.222 e. The Hall–Kier alpha value is -1.71. The Bertz CT molecular complexity index is 429. The van der Waals surface area contributed by atoms with E-state index in [1.54, 1.807) is 26.1 Å². The van der Waals surface area contributed by atoms with Crippen molar-refractivity contribution < 1.29 is 9.53 Å². The van der Waals surface area contributed by atoms with Gasteiger partial charge in [0, 0.05) is 44.7 Å². The number of fused-ring (bicyclic) bond motifs is 1. The van der Waals surface area contributed by atoms with Gasteiger partial charge >= 0.3 is 0 Å². The van der Waals surface area contributed by atoms with Crippen LogP contribution in [-0.2, 0) is 4.79 Å². The summed E-state index contributed by atoms with van der Waals surface area (Å²) in [5, 5.41) is 3.32. The molecule has 0 spiro atoms. The highest BCUT2D eigenvalue weighted by molar-refractivity contribution is 5.78. The van der Waals surface area contributed by atoms with E-state index in [1.165, 1.54) is 5.56 Å². The number of carbonyl (C=O) groups excluding carboxylic acids is 1. The van der Waals surface area contributed by atoms with E-state index in [-0.39, 0.29) is 11.8 Å². The first-order chi connectivity index (χ1) is 8.11. The fraction of sp³-hybridized carbons (Fsp3) is 0.462. The molecule has 0 fully saturated rings. The van der Waals surface area contributed by atoms with Crippen molar-refractivity contribution in [3.05, 3.63) is 23.8 Å². The van der Waals surface area contributed by atoms with Gasteiger partial charge in [0.05, 0.1) is 7.11 Å². The minimum Gasteiger partial charge on any atom is -0.497 e. The SMILES string of the molecule is COc1ccc2c(c1)NCC2CC(=O)N(C)C. The van der Waals surface area contributed by atoms with Crippen molar-refractivity contribution in [2.45, 2.75) is 12.3 Å². The molecular formula is C13H18N2O2. The number of nitrogens with zero attached hydrogens (tertiary/aromatic N) is 1. The molecule has 0 radical (unpaired) electrons. The van der Waals surface area contributed by atoms with Crippen LogP contribution >= 0.6 is 0 Å². The summed E-state index contributed by atoms with van der Waals surface area (Å²) in [6.45, 7) is 0.822. The fourth-order valence-electron chi connectivity index (χ4n) is 2.09. The quantitative estimate of drug-likeness (QED) is 0.865. The first kappa shape index (κ1) is 11.8. The van der Waals surface area contributed by atoms with Crippen LogP contribution in [0.1, 0.15) is 17.9 Å². The van der Waals surface area contributed by atoms with Gasteiger partial charge in [0.2, 0.25) is 5.91 Å². The summed E-state index contributed by atoms with van der Waals surface area (Å²) in [7, 11) is 5.24. The average molecular weight is 234 g/mol. The number of hydrogen-bond donors (Lipinski definition) is 1. The predicted octanol–water partition coefficient (Wildman–Crippen LogP) is 1.68. The standard InChI is InChI=1S/C13H18N2O2/c1-15(2)13(16)6-9-8-14-12-7-10(17-3)4-5-11(9)12/h4-5,7,9,14H,6,8H2,1-3H3. The second-order valence-electron chi connectivity index (χ2n) is 4.52. The van der Waals surface area contributed by atoms with E-state index in [0.29, 0.717) is 6.42 Å². The number of benzene rings is 1. The number of anilines is 1. The van der Waals surface area contributed by atoms with Gasteiger partial charge in [-0.25, -0.2) is 0 Å². The number of rotatable bonds is 3. The van der Waals surface area contributed by atoms with E-state index in [4.69, 9.17) is 4.74 Å². The van der Waals surface area contributed by atoms with E-state index in [0.717, 1.165) is 18.0 Å². The molecule has 1 unspecified atom stereocenters. The lowest BCUT2D eigenvalue weighted by atomic mass is 9.97. The van der Waals surface area contributed by atoms with Crippen LogP contribution in [0, 0.1) is 0 Å². The molecule has 1 N–H and O–H groups in total. The summed E-state index contributed by atoms with van der Waals surface area (Å²) >= 11 is 0. The zero-order chi connectivity index (χ0) is 12.4. The smallest absolute Gasteiger partial charge is 0.222 e. The van der Waals surface area contributed by atoms with Crippen LogP contribution in [0.4, 0.5) is 5.69 Å². The summed E-state index contributed by atoms with van der Waals surface area (Å²) in [5.74, 6) is 1.28. The van der Waals surface area contributed by atoms with Crippen molar-refractivity contribution in [1.29, 1.82) is 0 Å². The van der Waals surface area contributed by atoms with Crippen LogP contribution in [0.25, 0.3) is 0 Å². The molecular weight excluding hydrogens is 216 g/mol. The van der Waals surface area contributed by atoms with Crippen LogP contribution in [0.15, 0.2) is 18.2 Å². The second kappa shape index (κ2) is 4.65. The number of hydrogen-bond acceptors (Lipinski definition) is 3. The molecule has 1 aromatic rings. The Labute approximate surface area is 102 Å². The monoisotopic (exact) mass is 234 g/mol. The molecule has 92 valence electrons. The van der Waals surface area contributed by atoms with Gasteiger partial charge in [-0.05, 0) is 11.6 Å². The predicted molar refractivity (Wildman–Crippen MR) is 67.5 cm³/mol. The van der Waals surface area contributed by atoms with E-state index in [1.807, 2.05) is 18.2 Å². The molecule has 0 aliphatic carbocycles. The number of amides is 1. The van der Waals surface area contributed by atoms with Gasteiger partial charge in [-0.2, -0.15) is 0 Å². The molecule has 0 aromatic heterocycles. The van der Waals surface area contributed by atoms with Crippen LogP contribution in [-0.4, -0.2) is 38.6 Å². The van der Waals surface area contributed by atoms with E-state index in [2.05, 4.69) is 5.32 Å². The van der Waals surface area contributed by atoms with Gasteiger partial charge in [-0.1, -0.05) is 6.07 Å². The summed E-state index contributed by atoms with van der Waals surface area (Å²) in [4.78, 5) is 13.3. The highest BCUT2D eigenvalue weighted by Gasteiger charge is 2.25. The molecule has 0 bridgehead atoms. The van der Waals surface area contributed by atoms with E-state index >= 15 is 0 Å². The van der Waals surface area contributed by atoms with Gasteiger partial charge in [-0.3, -0.25) is 4.79 Å². The Morgan fingerprint density at radius 2 is 2.29 bits per heavy atom. The van der Waals surface area contributed by atoms with E-state index in [9.17, 15) is 4.79 Å². The molecule has 4 nitrogen and oxygen atoms in total. The first-order valence-corrected chi connectivity index (χ1v) is 5.73. The van der Waals surface area contributed by atoms with Crippen LogP contribution in [0.5, 0.6) is 5.75 Å². The summed E-state index contributed by atoms with van der Waals surface area (Å²) in [6, 6.07) is 5.97.